The summed E-state index contributed by atoms with van der Waals surface area (Å²) in [6.45, 7) is 3.72. The van der Waals surface area contributed by atoms with E-state index in [4.69, 9.17) is 27.9 Å². The van der Waals surface area contributed by atoms with Gasteiger partial charge in [0.2, 0.25) is 0 Å². The Kier molecular flexibility index (Phi) is 4.27. The Bertz CT molecular complexity index is 695. The molecule has 2 aromatic rings. The van der Waals surface area contributed by atoms with Gasteiger partial charge in [0.15, 0.2) is 11.0 Å². The average molecular weight is 339 g/mol. The Morgan fingerprint density at radius 2 is 2.09 bits per heavy atom. The molecule has 0 bridgehead atoms. The molecule has 0 amide bonds. The fourth-order valence-corrected chi connectivity index (χ4v) is 3.04. The van der Waals surface area contributed by atoms with Crippen molar-refractivity contribution in [3.05, 3.63) is 40.0 Å². The van der Waals surface area contributed by atoms with E-state index in [1.807, 2.05) is 24.3 Å². The van der Waals surface area contributed by atoms with Crippen LogP contribution in [0.3, 0.4) is 0 Å². The Morgan fingerprint density at radius 1 is 1.27 bits per heavy atom. The molecule has 5 nitrogen and oxygen atoms in total. The van der Waals surface area contributed by atoms with Crippen LogP contribution in [0.2, 0.25) is 10.2 Å². The number of nitrogens with zero attached hydrogens (tertiary/aromatic N) is 3. The number of methoxy groups -OCH3 is 1. The number of hydrogen-bond donors (Lipinski definition) is 1. The van der Waals surface area contributed by atoms with Gasteiger partial charge in [0, 0.05) is 29.7 Å². The van der Waals surface area contributed by atoms with Crippen LogP contribution in [0, 0.1) is 0 Å². The van der Waals surface area contributed by atoms with E-state index in [1.54, 1.807) is 7.11 Å². The first-order valence-corrected chi connectivity index (χ1v) is 7.73. The predicted molar refractivity (Wildman–Crippen MR) is 89.3 cm³/mol. The van der Waals surface area contributed by atoms with Crippen molar-refractivity contribution >= 4 is 34.7 Å². The van der Waals surface area contributed by atoms with Gasteiger partial charge in [-0.3, -0.25) is 0 Å². The summed E-state index contributed by atoms with van der Waals surface area (Å²) in [5.74, 6) is 1.55. The van der Waals surface area contributed by atoms with Gasteiger partial charge in [-0.25, -0.2) is 0 Å². The summed E-state index contributed by atoms with van der Waals surface area (Å²) in [5.41, 5.74) is 1.96. The molecule has 7 heteroatoms. The molecule has 0 fully saturated rings. The second kappa shape index (κ2) is 6.18. The zero-order valence-electron chi connectivity index (χ0n) is 12.3. The first kappa shape index (κ1) is 15.2. The highest BCUT2D eigenvalue weighted by molar-refractivity contribution is 6.30. The minimum atomic E-state index is 0.0646. The smallest absolute Gasteiger partial charge is 0.172 e. The second-order valence-electron chi connectivity index (χ2n) is 5.08. The zero-order valence-corrected chi connectivity index (χ0v) is 13.8. The van der Waals surface area contributed by atoms with Crippen LogP contribution < -0.4 is 15.0 Å². The molecule has 0 aliphatic carbocycles. The summed E-state index contributed by atoms with van der Waals surface area (Å²) in [6, 6.07) is 7.53. The third kappa shape index (κ3) is 2.78. The monoisotopic (exact) mass is 338 g/mol. The zero-order chi connectivity index (χ0) is 15.7. The van der Waals surface area contributed by atoms with Crippen LogP contribution in [0.5, 0.6) is 5.75 Å². The van der Waals surface area contributed by atoms with E-state index in [1.165, 1.54) is 0 Å². The van der Waals surface area contributed by atoms with Crippen molar-refractivity contribution in [3.63, 3.8) is 0 Å². The molecule has 1 N–H and O–H groups in total. The SMILES string of the molecule is COc1ccc(Cl)cc1C(C)N1CCNc2nnc(Cl)cc21. The van der Waals surface area contributed by atoms with Gasteiger partial charge in [-0.05, 0) is 25.1 Å². The minimum absolute atomic E-state index is 0.0646. The lowest BCUT2D eigenvalue weighted by Crippen LogP contribution is -2.36. The van der Waals surface area contributed by atoms with E-state index in [0.29, 0.717) is 10.2 Å². The average Bonchev–Trinajstić information content (AvgIpc) is 2.53. The maximum atomic E-state index is 6.15. The van der Waals surface area contributed by atoms with Crippen LogP contribution in [0.25, 0.3) is 0 Å². The third-order valence-electron chi connectivity index (χ3n) is 3.81. The lowest BCUT2D eigenvalue weighted by molar-refractivity contribution is 0.405. The van der Waals surface area contributed by atoms with Gasteiger partial charge in [-0.2, -0.15) is 0 Å². The highest BCUT2D eigenvalue weighted by Gasteiger charge is 2.26. The molecule has 0 saturated heterocycles. The summed E-state index contributed by atoms with van der Waals surface area (Å²) in [7, 11) is 1.66. The van der Waals surface area contributed by atoms with Crippen molar-refractivity contribution in [2.75, 3.05) is 30.4 Å². The largest absolute Gasteiger partial charge is 0.496 e. The molecule has 1 aliphatic rings. The molecule has 2 heterocycles. The van der Waals surface area contributed by atoms with Gasteiger partial charge in [0.05, 0.1) is 18.8 Å². The van der Waals surface area contributed by atoms with Gasteiger partial charge < -0.3 is 15.0 Å². The van der Waals surface area contributed by atoms with E-state index in [2.05, 4.69) is 27.3 Å². The quantitative estimate of drug-likeness (QED) is 0.922. The van der Waals surface area contributed by atoms with Crippen LogP contribution in [-0.4, -0.2) is 30.4 Å². The van der Waals surface area contributed by atoms with Crippen LogP contribution in [0.1, 0.15) is 18.5 Å². The minimum Gasteiger partial charge on any atom is -0.496 e. The van der Waals surface area contributed by atoms with E-state index < -0.39 is 0 Å². The highest BCUT2D eigenvalue weighted by atomic mass is 35.5. The number of hydrogen-bond acceptors (Lipinski definition) is 5. The standard InChI is InChI=1S/C15H16Cl2N4O/c1-9(11-7-10(16)3-4-13(11)22-2)21-6-5-18-15-12(21)8-14(17)19-20-15/h3-4,7-9H,5-6H2,1-2H3,(H,18,20). The summed E-state index contributed by atoms with van der Waals surface area (Å²) in [6.07, 6.45) is 0. The summed E-state index contributed by atoms with van der Waals surface area (Å²) in [4.78, 5) is 2.22. The van der Waals surface area contributed by atoms with Crippen molar-refractivity contribution in [1.82, 2.24) is 10.2 Å². The van der Waals surface area contributed by atoms with Gasteiger partial charge in [-0.15, -0.1) is 10.2 Å². The molecule has 3 rings (SSSR count). The maximum absolute atomic E-state index is 6.15. The van der Waals surface area contributed by atoms with Crippen molar-refractivity contribution in [1.29, 1.82) is 0 Å². The molecule has 0 radical (unpaired) electrons. The fraction of sp³-hybridized carbons (Fsp3) is 0.333. The van der Waals surface area contributed by atoms with E-state index in [9.17, 15) is 0 Å². The molecule has 1 unspecified atom stereocenters. The van der Waals surface area contributed by atoms with Crippen molar-refractivity contribution in [3.8, 4) is 5.75 Å². The van der Waals surface area contributed by atoms with Gasteiger partial charge >= 0.3 is 0 Å². The number of benzene rings is 1. The molecule has 0 spiro atoms. The van der Waals surface area contributed by atoms with Gasteiger partial charge in [-0.1, -0.05) is 23.2 Å². The van der Waals surface area contributed by atoms with Gasteiger partial charge in [0.25, 0.3) is 0 Å². The highest BCUT2D eigenvalue weighted by Crippen LogP contribution is 2.38. The predicted octanol–water partition coefficient (Wildman–Crippen LogP) is 3.79. The number of ether oxygens (including phenoxy) is 1. The van der Waals surface area contributed by atoms with E-state index >= 15 is 0 Å². The topological polar surface area (TPSA) is 50.3 Å². The molecule has 116 valence electrons. The number of fused-ring (bicyclic) bond motifs is 1. The number of rotatable bonds is 3. The molecule has 1 aromatic carbocycles. The van der Waals surface area contributed by atoms with E-state index in [-0.39, 0.29) is 6.04 Å². The molecular weight excluding hydrogens is 323 g/mol. The molecule has 1 atom stereocenters. The van der Waals surface area contributed by atoms with Crippen LogP contribution in [0.15, 0.2) is 24.3 Å². The number of nitrogens with one attached hydrogen (secondary N) is 1. The van der Waals surface area contributed by atoms with Crippen LogP contribution in [-0.2, 0) is 0 Å². The maximum Gasteiger partial charge on any atom is 0.172 e. The Labute approximate surface area is 139 Å². The normalized spacial score (nSPS) is 15.0. The Hall–Kier alpha value is -1.72. The van der Waals surface area contributed by atoms with Crippen molar-refractivity contribution < 1.29 is 4.74 Å². The van der Waals surface area contributed by atoms with Crippen LogP contribution >= 0.6 is 23.2 Å². The third-order valence-corrected chi connectivity index (χ3v) is 4.23. The summed E-state index contributed by atoms with van der Waals surface area (Å²) >= 11 is 12.2. The Balaban J connectivity index is 2.02. The first-order chi connectivity index (χ1) is 10.6. The molecular formula is C15H16Cl2N4O. The summed E-state index contributed by atoms with van der Waals surface area (Å²) in [5, 5.41) is 12.3. The molecule has 0 saturated carbocycles. The van der Waals surface area contributed by atoms with Gasteiger partial charge in [0.1, 0.15) is 5.75 Å². The molecule has 1 aromatic heterocycles. The lowest BCUT2D eigenvalue weighted by Gasteiger charge is -2.36. The first-order valence-electron chi connectivity index (χ1n) is 6.97. The van der Waals surface area contributed by atoms with E-state index in [0.717, 1.165) is 35.9 Å². The second-order valence-corrected chi connectivity index (χ2v) is 5.91. The van der Waals surface area contributed by atoms with Crippen molar-refractivity contribution in [2.24, 2.45) is 0 Å². The molecule has 1 aliphatic heterocycles. The number of aromatic nitrogens is 2. The fourth-order valence-electron chi connectivity index (χ4n) is 2.72. The Morgan fingerprint density at radius 3 is 2.86 bits per heavy atom. The number of halogens is 2. The lowest BCUT2D eigenvalue weighted by atomic mass is 10.0. The van der Waals surface area contributed by atoms with Crippen molar-refractivity contribution in [2.45, 2.75) is 13.0 Å². The van der Waals surface area contributed by atoms with Crippen LogP contribution in [0.4, 0.5) is 11.5 Å². The summed E-state index contributed by atoms with van der Waals surface area (Å²) < 4.78 is 5.47. The number of anilines is 2. The molecule has 22 heavy (non-hydrogen) atoms.